The number of ketones is 1. The second kappa shape index (κ2) is 5.46. The molecule has 4 fully saturated rings. The maximum Gasteiger partial charge on any atom is 0.306 e. The van der Waals surface area contributed by atoms with Gasteiger partial charge in [0.25, 0.3) is 0 Å². The molecular weight excluding hydrogens is 384 g/mol. The molecule has 5 rings (SSSR count). The molecular formula is C20H26O9. The SMILES string of the molecule is CC1=CC(=O)C(O)C2(C)C1CC1OC(=O)CC3C(O)(CO)C(O)C4(O)OCC13C42. The van der Waals surface area contributed by atoms with E-state index in [0.717, 1.165) is 0 Å². The molecule has 1 spiro atoms. The fourth-order valence-electron chi connectivity index (χ4n) is 7.59. The number of fused-ring (bicyclic) bond motifs is 1. The molecule has 5 aliphatic rings. The lowest BCUT2D eigenvalue weighted by molar-refractivity contribution is -0.367. The Morgan fingerprint density at radius 1 is 1.24 bits per heavy atom. The highest BCUT2D eigenvalue weighted by molar-refractivity contribution is 5.96. The lowest BCUT2D eigenvalue weighted by Crippen LogP contribution is -2.81. The number of allylic oxidation sites excluding steroid dienone is 1. The Kier molecular flexibility index (Phi) is 3.69. The van der Waals surface area contributed by atoms with Crippen molar-refractivity contribution >= 4 is 11.8 Å². The van der Waals surface area contributed by atoms with Gasteiger partial charge in [0, 0.05) is 22.7 Å². The standard InChI is InChI=1S/C20H26O9/c1-8-3-10(22)14(24)17(2)9(8)4-12-18-7-28-20(27,15(17)18)16(25)19(26,6-21)11(18)5-13(23)29-12/h3,9,11-12,14-16,21,24-27H,4-7H2,1-2H3. The van der Waals surface area contributed by atoms with Gasteiger partial charge in [-0.2, -0.15) is 0 Å². The van der Waals surface area contributed by atoms with Crippen LogP contribution in [0.4, 0.5) is 0 Å². The molecule has 9 nitrogen and oxygen atoms in total. The van der Waals surface area contributed by atoms with Crippen LogP contribution < -0.4 is 0 Å². The summed E-state index contributed by atoms with van der Waals surface area (Å²) in [6.07, 6.45) is -2.80. The van der Waals surface area contributed by atoms with Crippen molar-refractivity contribution in [2.75, 3.05) is 13.2 Å². The minimum absolute atomic E-state index is 0.137. The van der Waals surface area contributed by atoms with Crippen LogP contribution in [0.25, 0.3) is 0 Å². The molecule has 29 heavy (non-hydrogen) atoms. The molecule has 2 saturated heterocycles. The number of esters is 1. The molecule has 0 aromatic heterocycles. The van der Waals surface area contributed by atoms with Gasteiger partial charge < -0.3 is 35.0 Å². The van der Waals surface area contributed by atoms with E-state index in [-0.39, 0.29) is 19.4 Å². The molecule has 2 bridgehead atoms. The van der Waals surface area contributed by atoms with Crippen molar-refractivity contribution in [3.05, 3.63) is 11.6 Å². The van der Waals surface area contributed by atoms with Gasteiger partial charge in [0.2, 0.25) is 0 Å². The van der Waals surface area contributed by atoms with E-state index < -0.39 is 76.6 Å². The number of hydrogen-bond donors (Lipinski definition) is 5. The van der Waals surface area contributed by atoms with Gasteiger partial charge in [-0.25, -0.2) is 0 Å². The average molecular weight is 410 g/mol. The number of hydrogen-bond acceptors (Lipinski definition) is 9. The first kappa shape index (κ1) is 19.6. The van der Waals surface area contributed by atoms with Crippen LogP contribution in [0.5, 0.6) is 0 Å². The molecule has 2 heterocycles. The Bertz CT molecular complexity index is 840. The predicted molar refractivity (Wildman–Crippen MR) is 93.8 cm³/mol. The van der Waals surface area contributed by atoms with Crippen molar-refractivity contribution in [3.63, 3.8) is 0 Å². The third kappa shape index (κ3) is 1.88. The molecule has 0 amide bonds. The molecule has 5 N–H and O–H groups in total. The molecule has 10 unspecified atom stereocenters. The van der Waals surface area contributed by atoms with Gasteiger partial charge in [-0.05, 0) is 25.3 Å². The first-order valence-electron chi connectivity index (χ1n) is 9.95. The highest BCUT2D eigenvalue weighted by atomic mass is 16.7. The molecule has 0 radical (unpaired) electrons. The maximum absolute atomic E-state index is 12.6. The lowest BCUT2D eigenvalue weighted by atomic mass is 9.37. The number of ether oxygens (including phenoxy) is 2. The zero-order chi connectivity index (χ0) is 21.1. The second-order valence-electron chi connectivity index (χ2n) is 9.72. The van der Waals surface area contributed by atoms with Gasteiger partial charge >= 0.3 is 5.97 Å². The Hall–Kier alpha value is -1.36. The highest BCUT2D eigenvalue weighted by Crippen LogP contribution is 2.74. The predicted octanol–water partition coefficient (Wildman–Crippen LogP) is -1.75. The van der Waals surface area contributed by atoms with Crippen LogP contribution in [-0.2, 0) is 19.1 Å². The minimum Gasteiger partial charge on any atom is -0.462 e. The van der Waals surface area contributed by atoms with E-state index in [1.807, 2.05) is 0 Å². The van der Waals surface area contributed by atoms with Crippen LogP contribution in [0.3, 0.4) is 0 Å². The molecule has 0 aromatic rings. The molecule has 160 valence electrons. The largest absolute Gasteiger partial charge is 0.462 e. The molecule has 2 aliphatic heterocycles. The molecule has 0 aromatic carbocycles. The zero-order valence-corrected chi connectivity index (χ0v) is 16.2. The van der Waals surface area contributed by atoms with E-state index in [2.05, 4.69) is 0 Å². The summed E-state index contributed by atoms with van der Waals surface area (Å²) in [7, 11) is 0. The van der Waals surface area contributed by atoms with Crippen LogP contribution in [0, 0.1) is 28.6 Å². The van der Waals surface area contributed by atoms with Crippen LogP contribution in [0.15, 0.2) is 11.6 Å². The van der Waals surface area contributed by atoms with E-state index in [1.54, 1.807) is 13.8 Å². The van der Waals surface area contributed by atoms with E-state index in [4.69, 9.17) is 9.47 Å². The van der Waals surface area contributed by atoms with Crippen molar-refractivity contribution in [2.24, 2.45) is 28.6 Å². The molecule has 9 heteroatoms. The van der Waals surface area contributed by atoms with E-state index in [9.17, 15) is 35.1 Å². The van der Waals surface area contributed by atoms with Crippen molar-refractivity contribution in [1.29, 1.82) is 0 Å². The number of aliphatic hydroxyl groups is 5. The summed E-state index contributed by atoms with van der Waals surface area (Å²) >= 11 is 0. The summed E-state index contributed by atoms with van der Waals surface area (Å²) in [4.78, 5) is 25.0. The second-order valence-corrected chi connectivity index (χ2v) is 9.72. The smallest absolute Gasteiger partial charge is 0.306 e. The van der Waals surface area contributed by atoms with Crippen LogP contribution in [0.1, 0.15) is 26.7 Å². The van der Waals surface area contributed by atoms with Gasteiger partial charge in [0.05, 0.1) is 19.6 Å². The first-order valence-corrected chi connectivity index (χ1v) is 9.95. The van der Waals surface area contributed by atoms with Crippen LogP contribution in [-0.4, -0.2) is 80.2 Å². The fraction of sp³-hybridized carbons (Fsp3) is 0.800. The van der Waals surface area contributed by atoms with Crippen LogP contribution in [0.2, 0.25) is 0 Å². The topological polar surface area (TPSA) is 154 Å². The number of carbonyl (C=O) groups is 2. The number of rotatable bonds is 1. The first-order chi connectivity index (χ1) is 13.5. The third-order valence-electron chi connectivity index (χ3n) is 8.72. The van der Waals surface area contributed by atoms with Gasteiger partial charge in [-0.1, -0.05) is 12.5 Å². The Balaban J connectivity index is 1.80. The highest BCUT2D eigenvalue weighted by Gasteiger charge is 2.85. The lowest BCUT2D eigenvalue weighted by Gasteiger charge is -2.68. The molecule has 2 saturated carbocycles. The summed E-state index contributed by atoms with van der Waals surface area (Å²) in [6.45, 7) is 2.41. The quantitative estimate of drug-likeness (QED) is 0.317. The van der Waals surface area contributed by atoms with Crippen LogP contribution >= 0.6 is 0 Å². The minimum atomic E-state index is -2.33. The fourth-order valence-corrected chi connectivity index (χ4v) is 7.59. The van der Waals surface area contributed by atoms with Crippen molar-refractivity contribution in [2.45, 2.75) is 56.4 Å². The van der Waals surface area contributed by atoms with Crippen molar-refractivity contribution in [1.82, 2.24) is 0 Å². The van der Waals surface area contributed by atoms with Gasteiger partial charge in [-0.3, -0.25) is 9.59 Å². The summed E-state index contributed by atoms with van der Waals surface area (Å²) < 4.78 is 11.4. The summed E-state index contributed by atoms with van der Waals surface area (Å²) in [5.74, 6) is -5.79. The Labute approximate surface area is 166 Å². The normalized spacial score (nSPS) is 58.2. The average Bonchev–Trinajstić information content (AvgIpc) is 2.97. The maximum atomic E-state index is 12.6. The molecule has 10 atom stereocenters. The van der Waals surface area contributed by atoms with E-state index >= 15 is 0 Å². The molecule has 3 aliphatic carbocycles. The zero-order valence-electron chi connectivity index (χ0n) is 16.2. The summed E-state index contributed by atoms with van der Waals surface area (Å²) in [6, 6.07) is 0. The Morgan fingerprint density at radius 3 is 2.59 bits per heavy atom. The van der Waals surface area contributed by atoms with Gasteiger partial charge in [0.1, 0.15) is 23.9 Å². The van der Waals surface area contributed by atoms with Gasteiger partial charge in [0.15, 0.2) is 11.6 Å². The summed E-state index contributed by atoms with van der Waals surface area (Å²) in [5, 5.41) is 54.7. The van der Waals surface area contributed by atoms with Gasteiger partial charge in [-0.15, -0.1) is 0 Å². The summed E-state index contributed by atoms with van der Waals surface area (Å²) in [5.41, 5.74) is -3.89. The van der Waals surface area contributed by atoms with Crippen molar-refractivity contribution in [3.8, 4) is 0 Å². The Morgan fingerprint density at radius 2 is 1.93 bits per heavy atom. The number of carbonyl (C=O) groups excluding carboxylic acids is 2. The third-order valence-corrected chi connectivity index (χ3v) is 8.72. The van der Waals surface area contributed by atoms with Crippen molar-refractivity contribution < 1.29 is 44.6 Å². The van der Waals surface area contributed by atoms with E-state index in [0.29, 0.717) is 5.57 Å². The monoisotopic (exact) mass is 410 g/mol. The van der Waals surface area contributed by atoms with E-state index in [1.165, 1.54) is 6.08 Å². The number of aliphatic hydroxyl groups excluding tert-OH is 3.